The molecule has 16 heavy (non-hydrogen) atoms. The highest BCUT2D eigenvalue weighted by molar-refractivity contribution is 6.42. The summed E-state index contributed by atoms with van der Waals surface area (Å²) in [5, 5.41) is 1.16. The van der Waals surface area contributed by atoms with Gasteiger partial charge in [0.2, 0.25) is 0 Å². The summed E-state index contributed by atoms with van der Waals surface area (Å²) < 4.78 is 0. The predicted molar refractivity (Wildman–Crippen MR) is 72.8 cm³/mol. The lowest BCUT2D eigenvalue weighted by Gasteiger charge is -2.19. The van der Waals surface area contributed by atoms with E-state index in [9.17, 15) is 0 Å². The fourth-order valence-electron chi connectivity index (χ4n) is 1.68. The predicted octanol–water partition coefficient (Wildman–Crippen LogP) is 4.30. The van der Waals surface area contributed by atoms with E-state index in [4.69, 9.17) is 40.5 Å². The average molecular weight is 281 g/mol. The van der Waals surface area contributed by atoms with Crippen molar-refractivity contribution in [3.8, 4) is 0 Å². The van der Waals surface area contributed by atoms with Crippen molar-refractivity contribution in [1.82, 2.24) is 0 Å². The molecule has 0 spiro atoms. The van der Waals surface area contributed by atoms with Crippen LogP contribution < -0.4 is 5.73 Å². The van der Waals surface area contributed by atoms with Gasteiger partial charge < -0.3 is 5.73 Å². The largest absolute Gasteiger partial charge is 0.330 e. The molecule has 0 amide bonds. The Hall–Kier alpha value is 0.0500. The van der Waals surface area contributed by atoms with Gasteiger partial charge in [-0.2, -0.15) is 0 Å². The van der Waals surface area contributed by atoms with Crippen molar-refractivity contribution < 1.29 is 0 Å². The Morgan fingerprint density at radius 2 is 1.94 bits per heavy atom. The summed E-state index contributed by atoms with van der Waals surface area (Å²) >= 11 is 17.7. The molecule has 4 heteroatoms. The Morgan fingerprint density at radius 3 is 2.44 bits per heavy atom. The molecular formula is C12H16Cl3N. The van der Waals surface area contributed by atoms with Crippen LogP contribution in [-0.4, -0.2) is 12.4 Å². The summed E-state index contributed by atoms with van der Waals surface area (Å²) in [5.74, 6) is 1.39. The summed E-state index contributed by atoms with van der Waals surface area (Å²) in [7, 11) is 0. The number of hydrogen-bond acceptors (Lipinski definition) is 1. The van der Waals surface area contributed by atoms with Crippen LogP contribution in [0.2, 0.25) is 10.0 Å². The highest BCUT2D eigenvalue weighted by Crippen LogP contribution is 2.29. The van der Waals surface area contributed by atoms with E-state index in [1.807, 2.05) is 18.2 Å². The molecular weight excluding hydrogens is 264 g/mol. The third-order valence-electron chi connectivity index (χ3n) is 2.65. The maximum atomic E-state index is 5.99. The fourth-order valence-corrected chi connectivity index (χ4v) is 2.12. The van der Waals surface area contributed by atoms with Crippen LogP contribution in [0.5, 0.6) is 0 Å². The van der Waals surface area contributed by atoms with E-state index in [-0.39, 0.29) is 0 Å². The molecule has 1 nitrogen and oxygen atoms in total. The summed E-state index contributed by atoms with van der Waals surface area (Å²) in [6.07, 6.45) is 0.970. The molecule has 90 valence electrons. The summed E-state index contributed by atoms with van der Waals surface area (Å²) in [6, 6.07) is 5.68. The van der Waals surface area contributed by atoms with Gasteiger partial charge in [0, 0.05) is 5.88 Å². The van der Waals surface area contributed by atoms with E-state index in [1.165, 1.54) is 0 Å². The standard InChI is InChI=1S/C12H16Cl3N/c1-8(6-13)4-10(7-16)9-2-3-11(14)12(15)5-9/h2-3,5,8,10H,4,6-7,16H2,1H3/t8-,10+/m1/s1. The maximum absolute atomic E-state index is 5.99. The first-order valence-electron chi connectivity index (χ1n) is 5.29. The fraction of sp³-hybridized carbons (Fsp3) is 0.500. The smallest absolute Gasteiger partial charge is 0.0595 e. The Kier molecular flexibility index (Phi) is 5.91. The second kappa shape index (κ2) is 6.70. The molecule has 0 saturated carbocycles. The molecule has 1 aromatic rings. The lowest BCUT2D eigenvalue weighted by Crippen LogP contribution is -2.16. The van der Waals surface area contributed by atoms with Gasteiger partial charge in [0.1, 0.15) is 0 Å². The molecule has 2 atom stereocenters. The van der Waals surface area contributed by atoms with E-state index in [1.54, 1.807) is 0 Å². The Labute approximate surface area is 112 Å². The van der Waals surface area contributed by atoms with Crippen LogP contribution in [0.25, 0.3) is 0 Å². The Morgan fingerprint density at radius 1 is 1.25 bits per heavy atom. The zero-order valence-electron chi connectivity index (χ0n) is 9.22. The molecule has 2 N–H and O–H groups in total. The molecule has 0 aromatic heterocycles. The van der Waals surface area contributed by atoms with E-state index in [2.05, 4.69) is 6.92 Å². The second-order valence-corrected chi connectivity index (χ2v) is 5.22. The number of halogens is 3. The van der Waals surface area contributed by atoms with Crippen molar-refractivity contribution in [2.24, 2.45) is 11.7 Å². The molecule has 0 saturated heterocycles. The molecule has 0 bridgehead atoms. The highest BCUT2D eigenvalue weighted by Gasteiger charge is 2.14. The van der Waals surface area contributed by atoms with Gasteiger partial charge in [0.15, 0.2) is 0 Å². The van der Waals surface area contributed by atoms with E-state index in [0.29, 0.717) is 34.3 Å². The monoisotopic (exact) mass is 279 g/mol. The number of nitrogens with two attached hydrogens (primary N) is 1. The van der Waals surface area contributed by atoms with Crippen LogP contribution in [0, 0.1) is 5.92 Å². The maximum Gasteiger partial charge on any atom is 0.0595 e. The summed E-state index contributed by atoms with van der Waals surface area (Å²) in [6.45, 7) is 2.71. The van der Waals surface area contributed by atoms with Gasteiger partial charge >= 0.3 is 0 Å². The summed E-state index contributed by atoms with van der Waals surface area (Å²) in [5.41, 5.74) is 6.91. The molecule has 1 aromatic carbocycles. The minimum absolute atomic E-state index is 0.295. The van der Waals surface area contributed by atoms with Crippen molar-refractivity contribution in [3.63, 3.8) is 0 Å². The van der Waals surface area contributed by atoms with Gasteiger partial charge in [-0.1, -0.05) is 36.2 Å². The van der Waals surface area contributed by atoms with Crippen LogP contribution in [-0.2, 0) is 0 Å². The molecule has 0 aliphatic rings. The van der Waals surface area contributed by atoms with Crippen LogP contribution in [0.1, 0.15) is 24.8 Å². The van der Waals surface area contributed by atoms with Gasteiger partial charge in [-0.05, 0) is 42.5 Å². The second-order valence-electron chi connectivity index (χ2n) is 4.10. The first kappa shape index (κ1) is 14.1. The molecule has 0 aliphatic heterocycles. The lowest BCUT2D eigenvalue weighted by molar-refractivity contribution is 0.509. The zero-order valence-corrected chi connectivity index (χ0v) is 11.5. The van der Waals surface area contributed by atoms with Crippen LogP contribution in [0.3, 0.4) is 0 Å². The van der Waals surface area contributed by atoms with Crippen molar-refractivity contribution >= 4 is 34.8 Å². The third-order valence-corrected chi connectivity index (χ3v) is 3.92. The van der Waals surface area contributed by atoms with E-state index >= 15 is 0 Å². The van der Waals surface area contributed by atoms with Gasteiger partial charge in [0.25, 0.3) is 0 Å². The van der Waals surface area contributed by atoms with Crippen LogP contribution >= 0.6 is 34.8 Å². The van der Waals surface area contributed by atoms with Gasteiger partial charge in [-0.3, -0.25) is 0 Å². The van der Waals surface area contributed by atoms with Gasteiger partial charge in [0.05, 0.1) is 10.0 Å². The lowest BCUT2D eigenvalue weighted by atomic mass is 9.90. The number of hydrogen-bond donors (Lipinski definition) is 1. The normalized spacial score (nSPS) is 14.8. The minimum atomic E-state index is 0.295. The van der Waals surface area contributed by atoms with Crippen LogP contribution in [0.4, 0.5) is 0 Å². The topological polar surface area (TPSA) is 26.0 Å². The average Bonchev–Trinajstić information content (AvgIpc) is 2.29. The Bertz CT molecular complexity index is 341. The molecule has 0 unspecified atom stereocenters. The summed E-state index contributed by atoms with van der Waals surface area (Å²) in [4.78, 5) is 0. The van der Waals surface area contributed by atoms with Crippen molar-refractivity contribution in [2.45, 2.75) is 19.3 Å². The molecule has 0 heterocycles. The van der Waals surface area contributed by atoms with Gasteiger partial charge in [-0.15, -0.1) is 11.6 Å². The minimum Gasteiger partial charge on any atom is -0.330 e. The van der Waals surface area contributed by atoms with Crippen molar-refractivity contribution in [1.29, 1.82) is 0 Å². The first-order chi connectivity index (χ1) is 7.58. The highest BCUT2D eigenvalue weighted by atomic mass is 35.5. The first-order valence-corrected chi connectivity index (χ1v) is 6.58. The SMILES string of the molecule is C[C@@H](CCl)C[C@@H](CN)c1ccc(Cl)c(Cl)c1. The number of benzene rings is 1. The van der Waals surface area contributed by atoms with E-state index < -0.39 is 0 Å². The van der Waals surface area contributed by atoms with Crippen molar-refractivity contribution in [2.75, 3.05) is 12.4 Å². The van der Waals surface area contributed by atoms with E-state index in [0.717, 1.165) is 12.0 Å². The number of alkyl halides is 1. The number of rotatable bonds is 5. The third kappa shape index (κ3) is 3.81. The zero-order chi connectivity index (χ0) is 12.1. The van der Waals surface area contributed by atoms with Crippen molar-refractivity contribution in [3.05, 3.63) is 33.8 Å². The Balaban J connectivity index is 2.82. The molecule has 1 rings (SSSR count). The van der Waals surface area contributed by atoms with Crippen LogP contribution in [0.15, 0.2) is 18.2 Å². The molecule has 0 fully saturated rings. The molecule has 0 radical (unpaired) electrons. The van der Waals surface area contributed by atoms with Gasteiger partial charge in [-0.25, -0.2) is 0 Å². The quantitative estimate of drug-likeness (QED) is 0.800. The molecule has 0 aliphatic carbocycles.